The number of carbonyl (C=O) groups is 1. The van der Waals surface area contributed by atoms with E-state index in [9.17, 15) is 4.79 Å². The lowest BCUT2D eigenvalue weighted by Gasteiger charge is -2.26. The lowest BCUT2D eigenvalue weighted by molar-refractivity contribution is -0.123. The predicted molar refractivity (Wildman–Crippen MR) is 101 cm³/mol. The first-order valence-corrected chi connectivity index (χ1v) is 9.40. The van der Waals surface area contributed by atoms with Crippen LogP contribution in [0.15, 0.2) is 47.1 Å². The van der Waals surface area contributed by atoms with Gasteiger partial charge in [-0.1, -0.05) is 26.0 Å². The minimum atomic E-state index is -0.117. The Morgan fingerprint density at radius 2 is 1.92 bits per heavy atom. The Bertz CT molecular complexity index is 674. The van der Waals surface area contributed by atoms with Crippen molar-refractivity contribution in [1.82, 2.24) is 10.2 Å². The van der Waals surface area contributed by atoms with Crippen molar-refractivity contribution in [3.8, 4) is 5.75 Å². The third kappa shape index (κ3) is 4.88. The molecule has 1 aliphatic heterocycles. The summed E-state index contributed by atoms with van der Waals surface area (Å²) in [6.07, 6.45) is 4.07. The van der Waals surface area contributed by atoms with E-state index in [-0.39, 0.29) is 18.6 Å². The maximum Gasteiger partial charge on any atom is 0.258 e. The summed E-state index contributed by atoms with van der Waals surface area (Å²) in [4.78, 5) is 14.6. The van der Waals surface area contributed by atoms with Crippen LogP contribution in [-0.4, -0.2) is 37.0 Å². The largest absolute Gasteiger partial charge is 0.484 e. The molecule has 0 bridgehead atoms. The molecule has 1 aromatic carbocycles. The molecule has 26 heavy (non-hydrogen) atoms. The van der Waals surface area contributed by atoms with Crippen LogP contribution < -0.4 is 10.1 Å². The lowest BCUT2D eigenvalue weighted by atomic mass is 10.0. The molecule has 0 aliphatic carbocycles. The summed E-state index contributed by atoms with van der Waals surface area (Å²) in [5.74, 6) is 1.98. The van der Waals surface area contributed by atoms with E-state index in [2.05, 4.69) is 24.1 Å². The summed E-state index contributed by atoms with van der Waals surface area (Å²) in [7, 11) is 0. The highest BCUT2D eigenvalue weighted by molar-refractivity contribution is 5.77. The zero-order valence-electron chi connectivity index (χ0n) is 15.6. The minimum Gasteiger partial charge on any atom is -0.484 e. The monoisotopic (exact) mass is 356 g/mol. The van der Waals surface area contributed by atoms with Crippen LogP contribution in [0.25, 0.3) is 0 Å². The third-order valence-corrected chi connectivity index (χ3v) is 4.86. The molecule has 3 rings (SSSR count). The van der Waals surface area contributed by atoms with Crippen molar-refractivity contribution in [2.45, 2.75) is 38.6 Å². The minimum absolute atomic E-state index is 0.0197. The van der Waals surface area contributed by atoms with Gasteiger partial charge in [-0.25, -0.2) is 0 Å². The van der Waals surface area contributed by atoms with E-state index in [4.69, 9.17) is 9.15 Å². The molecule has 1 aromatic heterocycles. The Balaban J connectivity index is 1.49. The molecule has 5 nitrogen and oxygen atoms in total. The highest BCUT2D eigenvalue weighted by Gasteiger charge is 2.25. The van der Waals surface area contributed by atoms with Gasteiger partial charge in [0.05, 0.1) is 12.3 Å². The second kappa shape index (κ2) is 8.90. The predicted octanol–water partition coefficient (Wildman–Crippen LogP) is 3.74. The third-order valence-electron chi connectivity index (χ3n) is 4.86. The Labute approximate surface area is 155 Å². The maximum atomic E-state index is 12.2. The molecule has 1 fully saturated rings. The number of nitrogens with one attached hydrogen (secondary N) is 1. The van der Waals surface area contributed by atoms with E-state index in [0.717, 1.165) is 18.8 Å². The van der Waals surface area contributed by atoms with E-state index >= 15 is 0 Å². The van der Waals surface area contributed by atoms with Crippen molar-refractivity contribution in [2.75, 3.05) is 26.2 Å². The topological polar surface area (TPSA) is 54.7 Å². The van der Waals surface area contributed by atoms with Crippen LogP contribution in [0.2, 0.25) is 0 Å². The van der Waals surface area contributed by atoms with Crippen LogP contribution in [-0.2, 0) is 4.79 Å². The Hall–Kier alpha value is -2.27. The van der Waals surface area contributed by atoms with E-state index < -0.39 is 0 Å². The molecule has 5 heteroatoms. The van der Waals surface area contributed by atoms with Gasteiger partial charge in [0.1, 0.15) is 11.5 Å². The quantitative estimate of drug-likeness (QED) is 0.783. The lowest BCUT2D eigenvalue weighted by Crippen LogP contribution is -2.38. The fourth-order valence-corrected chi connectivity index (χ4v) is 3.30. The summed E-state index contributed by atoms with van der Waals surface area (Å²) in [6, 6.07) is 11.9. The van der Waals surface area contributed by atoms with Gasteiger partial charge < -0.3 is 14.5 Å². The average molecular weight is 356 g/mol. The van der Waals surface area contributed by atoms with Crippen LogP contribution in [0, 0.1) is 0 Å². The number of benzene rings is 1. The molecule has 140 valence electrons. The number of carbonyl (C=O) groups excluding carboxylic acids is 1. The SMILES string of the molecule is CC(C)c1ccc(OCC(=O)NCC(c2ccco2)N2CCCC2)cc1. The Morgan fingerprint density at radius 1 is 1.19 bits per heavy atom. The second-order valence-electron chi connectivity index (χ2n) is 7.09. The number of likely N-dealkylation sites (tertiary alicyclic amines) is 1. The van der Waals surface area contributed by atoms with Crippen LogP contribution >= 0.6 is 0 Å². The fraction of sp³-hybridized carbons (Fsp3) is 0.476. The summed E-state index contributed by atoms with van der Waals surface area (Å²) >= 11 is 0. The van der Waals surface area contributed by atoms with Crippen LogP contribution in [0.4, 0.5) is 0 Å². The van der Waals surface area contributed by atoms with Gasteiger partial charge in [0.15, 0.2) is 6.61 Å². The van der Waals surface area contributed by atoms with Gasteiger partial charge in [-0.15, -0.1) is 0 Å². The Morgan fingerprint density at radius 3 is 2.54 bits per heavy atom. The number of hydrogen-bond donors (Lipinski definition) is 1. The zero-order valence-corrected chi connectivity index (χ0v) is 15.6. The number of amides is 1. The summed E-state index contributed by atoms with van der Waals surface area (Å²) in [6.45, 7) is 6.94. The summed E-state index contributed by atoms with van der Waals surface area (Å²) in [5, 5.41) is 2.98. The zero-order chi connectivity index (χ0) is 18.4. The van der Waals surface area contributed by atoms with Crippen molar-refractivity contribution in [3.05, 3.63) is 54.0 Å². The molecule has 2 aromatic rings. The van der Waals surface area contributed by atoms with Gasteiger partial charge in [0.25, 0.3) is 5.91 Å². The van der Waals surface area contributed by atoms with E-state index in [1.165, 1.54) is 18.4 Å². The molecule has 0 saturated carbocycles. The van der Waals surface area contributed by atoms with Crippen LogP contribution in [0.1, 0.15) is 50.0 Å². The van der Waals surface area contributed by atoms with Gasteiger partial charge >= 0.3 is 0 Å². The van der Waals surface area contributed by atoms with Crippen molar-refractivity contribution < 1.29 is 13.9 Å². The second-order valence-corrected chi connectivity index (χ2v) is 7.09. The van der Waals surface area contributed by atoms with Gasteiger partial charge in [-0.2, -0.15) is 0 Å². The first-order valence-electron chi connectivity index (χ1n) is 9.40. The number of rotatable bonds is 8. The molecule has 0 radical (unpaired) electrons. The van der Waals surface area contributed by atoms with Gasteiger partial charge in [0, 0.05) is 6.54 Å². The molecule has 1 aliphatic rings. The smallest absolute Gasteiger partial charge is 0.258 e. The number of hydrogen-bond acceptors (Lipinski definition) is 4. The first kappa shape index (κ1) is 18.5. The van der Waals surface area contributed by atoms with Crippen molar-refractivity contribution >= 4 is 5.91 Å². The van der Waals surface area contributed by atoms with Crippen molar-refractivity contribution in [2.24, 2.45) is 0 Å². The van der Waals surface area contributed by atoms with Gasteiger partial charge in [0.2, 0.25) is 0 Å². The normalized spacial score (nSPS) is 16.0. The molecule has 1 N–H and O–H groups in total. The van der Waals surface area contributed by atoms with Crippen molar-refractivity contribution in [1.29, 1.82) is 0 Å². The van der Waals surface area contributed by atoms with Crippen molar-refractivity contribution in [3.63, 3.8) is 0 Å². The first-order chi connectivity index (χ1) is 12.6. The number of furan rings is 1. The molecule has 1 amide bonds. The molecule has 1 atom stereocenters. The number of nitrogens with zero attached hydrogens (tertiary/aromatic N) is 1. The van der Waals surface area contributed by atoms with E-state index in [1.54, 1.807) is 6.26 Å². The standard InChI is InChI=1S/C21H28N2O3/c1-16(2)17-7-9-18(10-8-17)26-15-21(24)22-14-19(20-6-5-13-25-20)23-11-3-4-12-23/h5-10,13,16,19H,3-4,11-12,14-15H2,1-2H3,(H,22,24). The fourth-order valence-electron chi connectivity index (χ4n) is 3.30. The van der Waals surface area contributed by atoms with Gasteiger partial charge in [-0.05, 0) is 61.7 Å². The average Bonchev–Trinajstić information content (AvgIpc) is 3.35. The maximum absolute atomic E-state index is 12.2. The van der Waals surface area contributed by atoms with E-state index in [1.807, 2.05) is 36.4 Å². The van der Waals surface area contributed by atoms with Crippen LogP contribution in [0.3, 0.4) is 0 Å². The molecular formula is C21H28N2O3. The van der Waals surface area contributed by atoms with E-state index in [0.29, 0.717) is 18.2 Å². The highest BCUT2D eigenvalue weighted by atomic mass is 16.5. The van der Waals surface area contributed by atoms with Crippen LogP contribution in [0.5, 0.6) is 5.75 Å². The Kier molecular flexibility index (Phi) is 6.34. The molecular weight excluding hydrogens is 328 g/mol. The number of ether oxygens (including phenoxy) is 1. The highest BCUT2D eigenvalue weighted by Crippen LogP contribution is 2.25. The summed E-state index contributed by atoms with van der Waals surface area (Å²) < 4.78 is 11.2. The summed E-state index contributed by atoms with van der Waals surface area (Å²) in [5.41, 5.74) is 1.26. The van der Waals surface area contributed by atoms with Gasteiger partial charge in [-0.3, -0.25) is 9.69 Å². The molecule has 1 unspecified atom stereocenters. The molecule has 2 heterocycles. The molecule has 0 spiro atoms. The molecule has 1 saturated heterocycles.